The van der Waals surface area contributed by atoms with Crippen molar-refractivity contribution in [3.8, 4) is 0 Å². The summed E-state index contributed by atoms with van der Waals surface area (Å²) in [5.41, 5.74) is 2.16. The number of fused-ring (bicyclic) bond motifs is 2. The monoisotopic (exact) mass is 433 g/mol. The molecule has 8 nitrogen and oxygen atoms in total. The number of nitrogens with zero attached hydrogens (tertiary/aromatic N) is 5. The number of ether oxygens (including phenoxy) is 1. The Kier molecular flexibility index (Phi) is 4.32. The second kappa shape index (κ2) is 7.02. The van der Waals surface area contributed by atoms with Crippen LogP contribution in [0.15, 0.2) is 42.7 Å². The van der Waals surface area contributed by atoms with Gasteiger partial charge in [0.1, 0.15) is 5.60 Å². The lowest BCUT2D eigenvalue weighted by Gasteiger charge is -2.40. The van der Waals surface area contributed by atoms with E-state index < -0.39 is 5.60 Å². The number of amides is 1. The van der Waals surface area contributed by atoms with Crippen LogP contribution in [-0.4, -0.2) is 74.9 Å². The Morgan fingerprint density at radius 2 is 2.09 bits per heavy atom. The second-order valence-corrected chi connectivity index (χ2v) is 9.41. The van der Waals surface area contributed by atoms with Crippen molar-refractivity contribution in [1.29, 1.82) is 0 Å². The summed E-state index contributed by atoms with van der Waals surface area (Å²) in [6, 6.07) is 9.86. The van der Waals surface area contributed by atoms with Crippen LogP contribution in [-0.2, 0) is 11.8 Å². The van der Waals surface area contributed by atoms with Crippen LogP contribution in [0.5, 0.6) is 0 Å². The van der Waals surface area contributed by atoms with E-state index in [0.29, 0.717) is 37.7 Å². The van der Waals surface area contributed by atoms with E-state index in [0.717, 1.165) is 16.6 Å². The number of aliphatic hydroxyl groups excluding tert-OH is 1. The van der Waals surface area contributed by atoms with Crippen LogP contribution < -0.4 is 4.90 Å². The Morgan fingerprint density at radius 1 is 1.25 bits per heavy atom. The van der Waals surface area contributed by atoms with E-state index in [4.69, 9.17) is 4.74 Å². The molecule has 3 saturated heterocycles. The SMILES string of the molecule is Cc1ccnc(N2C[C@H]3O[C@@]4(CN(C(=O)c5cn(C)c6ccccc56)C[C@@H]4[C@@H]3CO)C2)n1. The lowest BCUT2D eigenvalue weighted by Crippen LogP contribution is -2.55. The van der Waals surface area contributed by atoms with Crippen LogP contribution in [0.4, 0.5) is 5.95 Å². The van der Waals surface area contributed by atoms with Gasteiger partial charge in [-0.1, -0.05) is 18.2 Å². The van der Waals surface area contributed by atoms with Crippen molar-refractivity contribution in [2.45, 2.75) is 18.6 Å². The average molecular weight is 434 g/mol. The number of aryl methyl sites for hydroxylation is 2. The first-order valence-electron chi connectivity index (χ1n) is 11.2. The minimum Gasteiger partial charge on any atom is -0.396 e. The van der Waals surface area contributed by atoms with Gasteiger partial charge in [0.25, 0.3) is 5.91 Å². The lowest BCUT2D eigenvalue weighted by atomic mass is 9.83. The number of aliphatic hydroxyl groups is 1. The molecule has 3 fully saturated rings. The molecule has 0 aliphatic carbocycles. The van der Waals surface area contributed by atoms with Crippen molar-refractivity contribution in [3.05, 3.63) is 54.0 Å². The summed E-state index contributed by atoms with van der Waals surface area (Å²) in [6.45, 7) is 4.38. The summed E-state index contributed by atoms with van der Waals surface area (Å²) in [4.78, 5) is 26.8. The van der Waals surface area contributed by atoms with Gasteiger partial charge in [0, 0.05) is 67.6 Å². The molecular formula is C24H27N5O3. The molecule has 4 atom stereocenters. The molecule has 1 N–H and O–H groups in total. The molecule has 6 rings (SSSR count). The van der Waals surface area contributed by atoms with Crippen LogP contribution in [0.2, 0.25) is 0 Å². The van der Waals surface area contributed by atoms with Gasteiger partial charge >= 0.3 is 0 Å². The highest BCUT2D eigenvalue weighted by Gasteiger charge is 2.63. The fraction of sp³-hybridized carbons (Fsp3) is 0.458. The number of hydrogen-bond donors (Lipinski definition) is 1. The molecular weight excluding hydrogens is 406 g/mol. The molecule has 3 aliphatic heterocycles. The molecule has 3 aliphatic rings. The van der Waals surface area contributed by atoms with Crippen molar-refractivity contribution < 1.29 is 14.6 Å². The standard InChI is InChI=1S/C24H27N5O3/c1-15-7-8-25-23(26-15)29-11-21-18(12-30)19-10-28(13-24(19,14-29)32-21)22(31)17-9-27(2)20-6-4-3-5-16(17)20/h3-9,18-19,21,30H,10-14H2,1-2H3/t18-,19+,21+,24-/m0/s1. The molecule has 0 radical (unpaired) electrons. The highest BCUT2D eigenvalue weighted by Crippen LogP contribution is 2.49. The fourth-order valence-electron chi connectivity index (χ4n) is 6.01. The third kappa shape index (κ3) is 2.79. The van der Waals surface area contributed by atoms with Crippen LogP contribution in [0.3, 0.4) is 0 Å². The summed E-state index contributed by atoms with van der Waals surface area (Å²) >= 11 is 0. The lowest BCUT2D eigenvalue weighted by molar-refractivity contribution is -0.0629. The molecule has 1 amide bonds. The summed E-state index contributed by atoms with van der Waals surface area (Å²) < 4.78 is 8.55. The number of benzene rings is 1. The minimum atomic E-state index is -0.510. The molecule has 32 heavy (non-hydrogen) atoms. The van der Waals surface area contributed by atoms with E-state index in [2.05, 4.69) is 14.9 Å². The highest BCUT2D eigenvalue weighted by molar-refractivity contribution is 6.07. The predicted octanol–water partition coefficient (Wildman–Crippen LogP) is 1.62. The first-order valence-corrected chi connectivity index (χ1v) is 11.2. The number of para-hydroxylation sites is 1. The third-order valence-electron chi connectivity index (χ3n) is 7.48. The van der Waals surface area contributed by atoms with E-state index in [1.54, 1.807) is 6.20 Å². The molecule has 1 spiro atoms. The maximum Gasteiger partial charge on any atom is 0.256 e. The molecule has 166 valence electrons. The Labute approximate surface area is 186 Å². The van der Waals surface area contributed by atoms with E-state index >= 15 is 0 Å². The Balaban J connectivity index is 1.32. The number of aromatic nitrogens is 3. The molecule has 1 aromatic carbocycles. The zero-order valence-corrected chi connectivity index (χ0v) is 18.3. The van der Waals surface area contributed by atoms with Crippen molar-refractivity contribution in [3.63, 3.8) is 0 Å². The molecule has 8 heteroatoms. The Hall–Kier alpha value is -2.97. The maximum atomic E-state index is 13.6. The summed E-state index contributed by atoms with van der Waals surface area (Å²) in [5.74, 6) is 0.793. The zero-order valence-electron chi connectivity index (χ0n) is 18.3. The molecule has 3 aromatic rings. The minimum absolute atomic E-state index is 0.00451. The zero-order chi connectivity index (χ0) is 22.0. The van der Waals surface area contributed by atoms with Gasteiger partial charge in [-0.25, -0.2) is 9.97 Å². The van der Waals surface area contributed by atoms with Gasteiger partial charge in [-0.15, -0.1) is 0 Å². The van der Waals surface area contributed by atoms with Gasteiger partial charge in [0.05, 0.1) is 24.8 Å². The van der Waals surface area contributed by atoms with Gasteiger partial charge in [-0.05, 0) is 19.1 Å². The average Bonchev–Trinajstić information content (AvgIpc) is 3.38. The van der Waals surface area contributed by atoms with E-state index in [1.165, 1.54) is 0 Å². The summed E-state index contributed by atoms with van der Waals surface area (Å²) in [6.07, 6.45) is 3.61. The smallest absolute Gasteiger partial charge is 0.256 e. The number of rotatable bonds is 3. The van der Waals surface area contributed by atoms with Crippen LogP contribution >= 0.6 is 0 Å². The maximum absolute atomic E-state index is 13.6. The van der Waals surface area contributed by atoms with Gasteiger partial charge in [-0.2, -0.15) is 0 Å². The molecule has 0 saturated carbocycles. The first-order chi connectivity index (χ1) is 15.5. The largest absolute Gasteiger partial charge is 0.396 e. The van der Waals surface area contributed by atoms with E-state index in [9.17, 15) is 9.90 Å². The van der Waals surface area contributed by atoms with Crippen LogP contribution in [0.1, 0.15) is 16.1 Å². The van der Waals surface area contributed by atoms with Crippen molar-refractivity contribution in [2.24, 2.45) is 18.9 Å². The predicted molar refractivity (Wildman–Crippen MR) is 119 cm³/mol. The van der Waals surface area contributed by atoms with Crippen LogP contribution in [0.25, 0.3) is 10.9 Å². The van der Waals surface area contributed by atoms with Gasteiger partial charge in [0.2, 0.25) is 5.95 Å². The van der Waals surface area contributed by atoms with Gasteiger partial charge in [-0.3, -0.25) is 4.79 Å². The van der Waals surface area contributed by atoms with E-state index in [1.807, 2.05) is 60.0 Å². The number of carbonyl (C=O) groups excluding carboxylic acids is 1. The summed E-state index contributed by atoms with van der Waals surface area (Å²) in [5, 5.41) is 11.2. The fourth-order valence-corrected chi connectivity index (χ4v) is 6.01. The Morgan fingerprint density at radius 3 is 2.91 bits per heavy atom. The highest BCUT2D eigenvalue weighted by atomic mass is 16.5. The number of carbonyl (C=O) groups is 1. The normalized spacial score (nSPS) is 29.0. The van der Waals surface area contributed by atoms with E-state index in [-0.39, 0.29) is 30.5 Å². The molecule has 2 bridgehead atoms. The second-order valence-electron chi connectivity index (χ2n) is 9.41. The van der Waals surface area contributed by atoms with Crippen LogP contribution in [0, 0.1) is 18.8 Å². The van der Waals surface area contributed by atoms with Crippen molar-refractivity contribution in [2.75, 3.05) is 37.7 Å². The third-order valence-corrected chi connectivity index (χ3v) is 7.48. The molecule has 2 aromatic heterocycles. The number of hydrogen-bond acceptors (Lipinski definition) is 6. The number of morpholine rings is 1. The van der Waals surface area contributed by atoms with Gasteiger partial charge < -0.3 is 24.2 Å². The Bertz CT molecular complexity index is 1210. The number of likely N-dealkylation sites (tertiary alicyclic amines) is 1. The van der Waals surface area contributed by atoms with Gasteiger partial charge in [0.15, 0.2) is 0 Å². The molecule has 5 heterocycles. The topological polar surface area (TPSA) is 83.7 Å². The van der Waals surface area contributed by atoms with Crippen molar-refractivity contribution >= 4 is 22.8 Å². The first kappa shape index (κ1) is 19.7. The van der Waals surface area contributed by atoms with Crippen molar-refractivity contribution in [1.82, 2.24) is 19.4 Å². The quantitative estimate of drug-likeness (QED) is 0.676. The summed E-state index contributed by atoms with van der Waals surface area (Å²) in [7, 11) is 1.97. The number of anilines is 1. The molecule has 0 unspecified atom stereocenters.